The maximum atomic E-state index is 13.2. The van der Waals surface area contributed by atoms with Crippen LogP contribution in [0.15, 0.2) is 63.1 Å². The first-order chi connectivity index (χ1) is 14.5. The van der Waals surface area contributed by atoms with Crippen LogP contribution in [0.1, 0.15) is 27.9 Å². The van der Waals surface area contributed by atoms with Crippen molar-refractivity contribution in [3.8, 4) is 0 Å². The number of pyridine rings is 1. The minimum absolute atomic E-state index is 0.0493. The van der Waals surface area contributed by atoms with Crippen LogP contribution >= 0.6 is 0 Å². The smallest absolute Gasteiger partial charge is 0.270 e. The third-order valence-electron chi connectivity index (χ3n) is 5.34. The first-order valence-electron chi connectivity index (χ1n) is 9.90. The molecule has 0 unspecified atom stereocenters. The molecule has 0 aliphatic heterocycles. The largest absolute Gasteiger partial charge is 0.325 e. The van der Waals surface area contributed by atoms with Crippen LogP contribution in [-0.4, -0.2) is 18.9 Å². The molecule has 6 nitrogen and oxygen atoms in total. The number of amides is 1. The Labute approximate surface area is 182 Å². The second-order valence-corrected chi connectivity index (χ2v) is 9.74. The van der Waals surface area contributed by atoms with Gasteiger partial charge in [0, 0.05) is 11.4 Å². The molecule has 2 aromatic carbocycles. The van der Waals surface area contributed by atoms with E-state index in [1.165, 1.54) is 16.7 Å². The molecule has 1 amide bonds. The Kier molecular flexibility index (Phi) is 6.18. The number of aromatic nitrogens is 1. The molecule has 0 bridgehead atoms. The van der Waals surface area contributed by atoms with Crippen LogP contribution in [0.2, 0.25) is 0 Å². The third kappa shape index (κ3) is 4.61. The molecule has 1 heterocycles. The van der Waals surface area contributed by atoms with Gasteiger partial charge < -0.3 is 9.88 Å². The fourth-order valence-electron chi connectivity index (χ4n) is 3.43. The Balaban J connectivity index is 1.98. The zero-order chi connectivity index (χ0) is 22.9. The van der Waals surface area contributed by atoms with Crippen LogP contribution < -0.4 is 10.9 Å². The van der Waals surface area contributed by atoms with E-state index in [-0.39, 0.29) is 16.3 Å². The van der Waals surface area contributed by atoms with Gasteiger partial charge in [0.2, 0.25) is 15.7 Å². The van der Waals surface area contributed by atoms with Gasteiger partial charge in [0.1, 0.15) is 11.4 Å². The first-order valence-corrected chi connectivity index (χ1v) is 11.4. The van der Waals surface area contributed by atoms with Crippen molar-refractivity contribution in [3.05, 3.63) is 86.8 Å². The van der Waals surface area contributed by atoms with Crippen LogP contribution in [-0.2, 0) is 21.2 Å². The van der Waals surface area contributed by atoms with Crippen molar-refractivity contribution in [2.45, 2.75) is 51.0 Å². The first kappa shape index (κ1) is 22.5. The summed E-state index contributed by atoms with van der Waals surface area (Å²) in [6, 6.07) is 13.5. The van der Waals surface area contributed by atoms with Crippen LogP contribution in [0.5, 0.6) is 0 Å². The minimum Gasteiger partial charge on any atom is -0.325 e. The highest BCUT2D eigenvalue weighted by molar-refractivity contribution is 7.91. The number of carbonyl (C=O) groups excluding carboxylic acids is 1. The van der Waals surface area contributed by atoms with E-state index in [1.807, 2.05) is 32.9 Å². The van der Waals surface area contributed by atoms with E-state index >= 15 is 0 Å². The van der Waals surface area contributed by atoms with E-state index in [2.05, 4.69) is 5.32 Å². The molecule has 0 aliphatic carbocycles. The van der Waals surface area contributed by atoms with Gasteiger partial charge in [-0.05, 0) is 81.6 Å². The number of benzene rings is 2. The van der Waals surface area contributed by atoms with Crippen molar-refractivity contribution in [1.29, 1.82) is 0 Å². The molecule has 0 aliphatic rings. The van der Waals surface area contributed by atoms with Gasteiger partial charge in [0.05, 0.1) is 4.90 Å². The highest BCUT2D eigenvalue weighted by Gasteiger charge is 2.26. The number of rotatable bonds is 5. The summed E-state index contributed by atoms with van der Waals surface area (Å²) < 4.78 is 27.6. The van der Waals surface area contributed by atoms with Gasteiger partial charge >= 0.3 is 0 Å². The molecule has 0 saturated heterocycles. The maximum absolute atomic E-state index is 13.2. The number of nitrogens with zero attached hydrogens (tertiary/aromatic N) is 1. The number of hydrogen-bond acceptors (Lipinski definition) is 4. The van der Waals surface area contributed by atoms with E-state index < -0.39 is 21.3 Å². The van der Waals surface area contributed by atoms with E-state index in [1.54, 1.807) is 38.1 Å². The molecule has 162 valence electrons. The van der Waals surface area contributed by atoms with Crippen molar-refractivity contribution < 1.29 is 13.2 Å². The molecule has 1 N–H and O–H groups in total. The molecule has 0 saturated carbocycles. The summed E-state index contributed by atoms with van der Waals surface area (Å²) in [5.74, 6) is -0.406. The third-order valence-corrected chi connectivity index (χ3v) is 7.27. The average Bonchev–Trinajstić information content (AvgIpc) is 2.68. The predicted octanol–water partition coefficient (Wildman–Crippen LogP) is 3.86. The van der Waals surface area contributed by atoms with Gasteiger partial charge in [-0.2, -0.15) is 0 Å². The zero-order valence-electron chi connectivity index (χ0n) is 18.3. The van der Waals surface area contributed by atoms with E-state index in [0.717, 1.165) is 16.7 Å². The standard InChI is InChI=1S/C24H26N2O4S/c1-15-6-10-21(11-7-15)31(29,30)23-18(4)12-19(5)26(24(23)28)14-22(27)25-20-9-8-16(2)17(3)13-20/h6-13H,14H2,1-5H3,(H,25,27). The van der Waals surface area contributed by atoms with Crippen molar-refractivity contribution in [1.82, 2.24) is 4.57 Å². The topological polar surface area (TPSA) is 85.2 Å². The van der Waals surface area contributed by atoms with Gasteiger partial charge in [-0.1, -0.05) is 23.8 Å². The van der Waals surface area contributed by atoms with Crippen molar-refractivity contribution in [3.63, 3.8) is 0 Å². The Morgan fingerprint density at radius 3 is 2.13 bits per heavy atom. The highest BCUT2D eigenvalue weighted by Crippen LogP contribution is 2.22. The van der Waals surface area contributed by atoms with Crippen LogP contribution in [0, 0.1) is 34.6 Å². The summed E-state index contributed by atoms with van der Waals surface area (Å²) in [6.07, 6.45) is 0. The van der Waals surface area contributed by atoms with E-state index in [0.29, 0.717) is 16.9 Å². The summed E-state index contributed by atoms with van der Waals surface area (Å²) >= 11 is 0. The Morgan fingerprint density at radius 1 is 0.871 bits per heavy atom. The number of sulfone groups is 1. The molecule has 3 rings (SSSR count). The number of anilines is 1. The van der Waals surface area contributed by atoms with Crippen molar-refractivity contribution in [2.24, 2.45) is 0 Å². The van der Waals surface area contributed by atoms with Gasteiger partial charge in [-0.15, -0.1) is 0 Å². The van der Waals surface area contributed by atoms with Crippen LogP contribution in [0.3, 0.4) is 0 Å². The summed E-state index contributed by atoms with van der Waals surface area (Å²) in [6.45, 7) is 8.77. The van der Waals surface area contributed by atoms with Gasteiger partial charge in [-0.3, -0.25) is 9.59 Å². The van der Waals surface area contributed by atoms with Crippen molar-refractivity contribution >= 4 is 21.4 Å². The number of carbonyl (C=O) groups is 1. The molecule has 0 radical (unpaired) electrons. The Morgan fingerprint density at radius 2 is 1.52 bits per heavy atom. The Bertz CT molecular complexity index is 1320. The highest BCUT2D eigenvalue weighted by atomic mass is 32.2. The molecule has 0 fully saturated rings. The molecular formula is C24H26N2O4S. The monoisotopic (exact) mass is 438 g/mol. The van der Waals surface area contributed by atoms with Gasteiger partial charge in [0.15, 0.2) is 0 Å². The van der Waals surface area contributed by atoms with E-state index in [9.17, 15) is 18.0 Å². The fraction of sp³-hybridized carbons (Fsp3) is 0.250. The number of hydrogen-bond donors (Lipinski definition) is 1. The lowest BCUT2D eigenvalue weighted by atomic mass is 10.1. The van der Waals surface area contributed by atoms with Crippen LogP contribution in [0.4, 0.5) is 5.69 Å². The summed E-state index contributed by atoms with van der Waals surface area (Å²) in [7, 11) is -4.03. The van der Waals surface area contributed by atoms with Gasteiger partial charge in [-0.25, -0.2) is 8.42 Å². The number of aryl methyl sites for hydroxylation is 5. The quantitative estimate of drug-likeness (QED) is 0.655. The van der Waals surface area contributed by atoms with Gasteiger partial charge in [0.25, 0.3) is 5.56 Å². The summed E-state index contributed by atoms with van der Waals surface area (Å²) in [5, 5.41) is 2.78. The molecule has 0 spiro atoms. The fourth-order valence-corrected chi connectivity index (χ4v) is 4.98. The maximum Gasteiger partial charge on any atom is 0.270 e. The van der Waals surface area contributed by atoms with E-state index in [4.69, 9.17) is 0 Å². The second kappa shape index (κ2) is 8.51. The molecule has 3 aromatic rings. The van der Waals surface area contributed by atoms with Crippen LogP contribution in [0.25, 0.3) is 0 Å². The SMILES string of the molecule is Cc1ccc(S(=O)(=O)c2c(C)cc(C)n(CC(=O)Nc3ccc(C)c(C)c3)c2=O)cc1. The summed E-state index contributed by atoms with van der Waals surface area (Å²) in [4.78, 5) is 25.5. The molecule has 1 aromatic heterocycles. The second-order valence-electron chi connectivity index (χ2n) is 7.85. The zero-order valence-corrected chi connectivity index (χ0v) is 19.1. The summed E-state index contributed by atoms with van der Waals surface area (Å²) in [5.41, 5.74) is 3.85. The lowest BCUT2D eigenvalue weighted by molar-refractivity contribution is -0.116. The van der Waals surface area contributed by atoms with Crippen molar-refractivity contribution in [2.75, 3.05) is 5.32 Å². The molecule has 7 heteroatoms. The molecular weight excluding hydrogens is 412 g/mol. The lowest BCUT2D eigenvalue weighted by Gasteiger charge is -2.15. The molecule has 0 atom stereocenters. The minimum atomic E-state index is -4.03. The lowest BCUT2D eigenvalue weighted by Crippen LogP contribution is -2.33. The normalized spacial score (nSPS) is 11.4. The average molecular weight is 439 g/mol. The Hall–Kier alpha value is -3.19. The predicted molar refractivity (Wildman–Crippen MR) is 121 cm³/mol. The number of nitrogens with one attached hydrogen (secondary N) is 1. The molecule has 31 heavy (non-hydrogen) atoms.